The molecule has 6 nitrogen and oxygen atoms in total. The van der Waals surface area contributed by atoms with Crippen LogP contribution < -0.4 is 10.5 Å². The second kappa shape index (κ2) is 4.99. The number of rotatable bonds is 5. The fourth-order valence-electron chi connectivity index (χ4n) is 1.51. The number of nitrogens with zero attached hydrogens (tertiary/aromatic N) is 2. The highest BCUT2D eigenvalue weighted by Crippen LogP contribution is 2.39. The van der Waals surface area contributed by atoms with Crippen LogP contribution in [0.15, 0.2) is 0 Å². The molecule has 1 aromatic heterocycles. The summed E-state index contributed by atoms with van der Waals surface area (Å²) in [4.78, 5) is 8.60. The summed E-state index contributed by atoms with van der Waals surface area (Å²) in [5.41, 5.74) is 0.718. The third-order valence-corrected chi connectivity index (χ3v) is 3.87. The van der Waals surface area contributed by atoms with Crippen molar-refractivity contribution in [1.29, 1.82) is 0 Å². The van der Waals surface area contributed by atoms with Gasteiger partial charge in [0.2, 0.25) is 10.0 Å². The average Bonchev–Trinajstić information content (AvgIpc) is 3.05. The van der Waals surface area contributed by atoms with Gasteiger partial charge in [-0.3, -0.25) is 0 Å². The second-order valence-electron chi connectivity index (χ2n) is 4.41. The zero-order chi connectivity index (χ0) is 13.3. The molecule has 1 aromatic rings. The fraction of sp³-hybridized carbons (Fsp3) is 0.600. The van der Waals surface area contributed by atoms with E-state index in [0.29, 0.717) is 16.9 Å². The van der Waals surface area contributed by atoms with Crippen LogP contribution in [-0.4, -0.2) is 30.7 Å². The Kier molecular flexibility index (Phi) is 3.74. The molecule has 1 aliphatic rings. The van der Waals surface area contributed by atoms with Gasteiger partial charge in [0.05, 0.1) is 5.75 Å². The zero-order valence-corrected chi connectivity index (χ0v) is 11.6. The van der Waals surface area contributed by atoms with E-state index in [0.717, 1.165) is 24.2 Å². The van der Waals surface area contributed by atoms with Crippen molar-refractivity contribution in [2.75, 3.05) is 17.6 Å². The van der Waals surface area contributed by atoms with Crippen molar-refractivity contribution in [3.8, 4) is 0 Å². The first-order chi connectivity index (χ1) is 8.37. The predicted octanol–water partition coefficient (Wildman–Crippen LogP) is 1.02. The van der Waals surface area contributed by atoms with E-state index in [-0.39, 0.29) is 12.3 Å². The number of aromatic nitrogens is 2. The molecule has 1 aliphatic carbocycles. The minimum Gasteiger partial charge on any atom is -0.369 e. The Balaban J connectivity index is 2.11. The molecule has 3 N–H and O–H groups in total. The smallest absolute Gasteiger partial charge is 0.210 e. The zero-order valence-electron chi connectivity index (χ0n) is 9.98. The molecule has 0 amide bonds. The molecule has 1 fully saturated rings. The molecule has 0 aliphatic heterocycles. The number of nitrogens with one attached hydrogen (secondary N) is 1. The van der Waals surface area contributed by atoms with E-state index in [1.807, 2.05) is 0 Å². The van der Waals surface area contributed by atoms with Gasteiger partial charge in [0.25, 0.3) is 0 Å². The first kappa shape index (κ1) is 13.5. The highest BCUT2D eigenvalue weighted by molar-refractivity contribution is 7.89. The predicted molar refractivity (Wildman–Crippen MR) is 70.2 cm³/mol. The van der Waals surface area contributed by atoms with Gasteiger partial charge in [-0.25, -0.2) is 23.5 Å². The van der Waals surface area contributed by atoms with Gasteiger partial charge in [-0.15, -0.1) is 0 Å². The average molecular weight is 291 g/mol. The van der Waals surface area contributed by atoms with Crippen LogP contribution in [-0.2, 0) is 10.0 Å². The maximum Gasteiger partial charge on any atom is 0.210 e. The minimum atomic E-state index is -3.47. The molecular formula is C10H15ClN4O2S. The highest BCUT2D eigenvalue weighted by atomic mass is 35.5. The minimum absolute atomic E-state index is 0.146. The molecule has 0 aromatic carbocycles. The third kappa shape index (κ3) is 3.54. The molecule has 1 heterocycles. The molecule has 1 saturated carbocycles. The van der Waals surface area contributed by atoms with Crippen LogP contribution in [0.4, 0.5) is 5.82 Å². The first-order valence-corrected chi connectivity index (χ1v) is 7.74. The number of anilines is 1. The van der Waals surface area contributed by atoms with Crippen LogP contribution in [0.5, 0.6) is 0 Å². The molecule has 0 radical (unpaired) electrons. The Hall–Kier alpha value is -0.920. The molecule has 0 saturated heterocycles. The van der Waals surface area contributed by atoms with Crippen LogP contribution in [0.3, 0.4) is 0 Å². The third-order valence-electron chi connectivity index (χ3n) is 2.73. The van der Waals surface area contributed by atoms with E-state index in [9.17, 15) is 8.42 Å². The molecule has 18 heavy (non-hydrogen) atoms. The summed E-state index contributed by atoms with van der Waals surface area (Å²) in [6, 6.07) is 0. The summed E-state index contributed by atoms with van der Waals surface area (Å²) in [6.07, 6.45) is 2.16. The molecule has 8 heteroatoms. The number of sulfonamides is 1. The maximum atomic E-state index is 10.8. The number of primary sulfonamides is 1. The lowest BCUT2D eigenvalue weighted by molar-refractivity contribution is 0.598. The summed E-state index contributed by atoms with van der Waals surface area (Å²) < 4.78 is 21.7. The SMILES string of the molecule is Cc1c(Cl)nc(C2CC2)nc1NCCS(N)(=O)=O. The van der Waals surface area contributed by atoms with Gasteiger partial charge in [0.1, 0.15) is 16.8 Å². The van der Waals surface area contributed by atoms with Crippen molar-refractivity contribution in [2.24, 2.45) is 5.14 Å². The summed E-state index contributed by atoms with van der Waals surface area (Å²) in [5.74, 6) is 1.55. The van der Waals surface area contributed by atoms with E-state index in [4.69, 9.17) is 16.7 Å². The first-order valence-electron chi connectivity index (χ1n) is 5.65. The van der Waals surface area contributed by atoms with Crippen LogP contribution >= 0.6 is 11.6 Å². The monoisotopic (exact) mass is 290 g/mol. The van der Waals surface area contributed by atoms with Crippen LogP contribution in [0.25, 0.3) is 0 Å². The Bertz CT molecular complexity index is 557. The van der Waals surface area contributed by atoms with Crippen molar-refractivity contribution < 1.29 is 8.42 Å². The molecule has 0 atom stereocenters. The summed E-state index contributed by atoms with van der Waals surface area (Å²) in [7, 11) is -3.47. The topological polar surface area (TPSA) is 98.0 Å². The number of hydrogen-bond donors (Lipinski definition) is 2. The van der Waals surface area contributed by atoms with Gasteiger partial charge in [0, 0.05) is 18.0 Å². The van der Waals surface area contributed by atoms with Crippen LogP contribution in [0, 0.1) is 6.92 Å². The number of halogens is 1. The molecule has 0 bridgehead atoms. The van der Waals surface area contributed by atoms with Crippen molar-refractivity contribution in [3.63, 3.8) is 0 Å². The van der Waals surface area contributed by atoms with Gasteiger partial charge in [-0.05, 0) is 19.8 Å². The lowest BCUT2D eigenvalue weighted by atomic mass is 10.3. The van der Waals surface area contributed by atoms with Gasteiger partial charge in [0.15, 0.2) is 0 Å². The van der Waals surface area contributed by atoms with Crippen molar-refractivity contribution in [2.45, 2.75) is 25.7 Å². The molecule has 100 valence electrons. The van der Waals surface area contributed by atoms with Gasteiger partial charge >= 0.3 is 0 Å². The molecule has 0 spiro atoms. The van der Waals surface area contributed by atoms with Crippen molar-refractivity contribution in [3.05, 3.63) is 16.5 Å². The van der Waals surface area contributed by atoms with Gasteiger partial charge in [-0.2, -0.15) is 0 Å². The van der Waals surface area contributed by atoms with E-state index in [1.165, 1.54) is 0 Å². The second-order valence-corrected chi connectivity index (χ2v) is 6.51. The van der Waals surface area contributed by atoms with E-state index < -0.39 is 10.0 Å². The van der Waals surface area contributed by atoms with Crippen LogP contribution in [0.1, 0.15) is 30.1 Å². The lowest BCUT2D eigenvalue weighted by Gasteiger charge is -2.10. The number of hydrogen-bond acceptors (Lipinski definition) is 5. The Morgan fingerprint density at radius 1 is 1.44 bits per heavy atom. The van der Waals surface area contributed by atoms with Crippen molar-refractivity contribution in [1.82, 2.24) is 9.97 Å². The van der Waals surface area contributed by atoms with Crippen molar-refractivity contribution >= 4 is 27.4 Å². The van der Waals surface area contributed by atoms with Crippen LogP contribution in [0.2, 0.25) is 5.15 Å². The molecular weight excluding hydrogens is 276 g/mol. The Morgan fingerprint density at radius 3 is 2.67 bits per heavy atom. The standard InChI is InChI=1S/C10H15ClN4O2S/c1-6-8(11)14-10(7-2-3-7)15-9(6)13-4-5-18(12,16)17/h7H,2-5H2,1H3,(H2,12,16,17)(H,13,14,15). The summed E-state index contributed by atoms with van der Waals surface area (Å²) in [6.45, 7) is 2.00. The highest BCUT2D eigenvalue weighted by Gasteiger charge is 2.28. The summed E-state index contributed by atoms with van der Waals surface area (Å²) in [5, 5.41) is 8.28. The van der Waals surface area contributed by atoms with E-state index in [1.54, 1.807) is 6.92 Å². The molecule has 0 unspecified atom stereocenters. The fourth-order valence-corrected chi connectivity index (χ4v) is 2.08. The largest absolute Gasteiger partial charge is 0.369 e. The Morgan fingerprint density at radius 2 is 2.11 bits per heavy atom. The summed E-state index contributed by atoms with van der Waals surface area (Å²) >= 11 is 6.03. The van der Waals surface area contributed by atoms with E-state index in [2.05, 4.69) is 15.3 Å². The lowest BCUT2D eigenvalue weighted by Crippen LogP contribution is -2.23. The normalized spacial score (nSPS) is 15.7. The quantitative estimate of drug-likeness (QED) is 0.789. The Labute approximate surface area is 111 Å². The van der Waals surface area contributed by atoms with Gasteiger partial charge < -0.3 is 5.32 Å². The maximum absolute atomic E-state index is 10.8. The number of nitrogens with two attached hydrogens (primary N) is 1. The van der Waals surface area contributed by atoms with E-state index >= 15 is 0 Å². The van der Waals surface area contributed by atoms with Gasteiger partial charge in [-0.1, -0.05) is 11.6 Å². The molecule has 2 rings (SSSR count).